The second-order valence-corrected chi connectivity index (χ2v) is 6.44. The Morgan fingerprint density at radius 1 is 0.800 bits per heavy atom. The molecule has 3 aromatic heterocycles. The van der Waals surface area contributed by atoms with Crippen LogP contribution >= 0.6 is 11.3 Å². The van der Waals surface area contributed by atoms with E-state index < -0.39 is 0 Å². The highest BCUT2D eigenvalue weighted by atomic mass is 32.1. The molecule has 0 unspecified atom stereocenters. The van der Waals surface area contributed by atoms with E-state index in [1.54, 1.807) is 15.5 Å². The quantitative estimate of drug-likeness (QED) is 0.501. The Morgan fingerprint density at radius 2 is 1.56 bits per heavy atom. The van der Waals surface area contributed by atoms with Crippen molar-refractivity contribution in [3.8, 4) is 27.6 Å². The van der Waals surface area contributed by atoms with E-state index >= 15 is 0 Å². The highest BCUT2D eigenvalue weighted by Gasteiger charge is 2.14. The predicted octanol–water partition coefficient (Wildman–Crippen LogP) is 3.71. The van der Waals surface area contributed by atoms with E-state index in [2.05, 4.69) is 20.3 Å². The molecule has 7 heteroatoms. The lowest BCUT2D eigenvalue weighted by molar-refractivity contribution is 0.753. The Kier molecular flexibility index (Phi) is 3.17. The lowest BCUT2D eigenvalue weighted by atomic mass is 10.2. The number of nitrogens with zero attached hydrogens (tertiary/aromatic N) is 6. The van der Waals surface area contributed by atoms with Gasteiger partial charge in [-0.1, -0.05) is 59.9 Å². The maximum Gasteiger partial charge on any atom is 0.213 e. The maximum atomic E-state index is 4.66. The molecule has 0 spiro atoms. The fraction of sp³-hybridized carbons (Fsp3) is 0. The van der Waals surface area contributed by atoms with E-state index in [0.29, 0.717) is 0 Å². The van der Waals surface area contributed by atoms with Crippen molar-refractivity contribution in [2.45, 2.75) is 0 Å². The zero-order valence-corrected chi connectivity index (χ0v) is 13.8. The molecule has 0 aliphatic heterocycles. The fourth-order valence-corrected chi connectivity index (χ4v) is 3.43. The SMILES string of the molecule is c1ccc(-c2cn3nc(-c4cnn(-c5ccccc5)n4)sc3n2)cc1. The summed E-state index contributed by atoms with van der Waals surface area (Å²) in [6.45, 7) is 0. The summed E-state index contributed by atoms with van der Waals surface area (Å²) in [6, 6.07) is 19.9. The van der Waals surface area contributed by atoms with Gasteiger partial charge in [-0.3, -0.25) is 0 Å². The van der Waals surface area contributed by atoms with Crippen LogP contribution in [0.1, 0.15) is 0 Å². The molecule has 0 aliphatic carbocycles. The van der Waals surface area contributed by atoms with Gasteiger partial charge in [0.1, 0.15) is 5.69 Å². The molecule has 6 nitrogen and oxygen atoms in total. The van der Waals surface area contributed by atoms with Crippen LogP contribution in [0.25, 0.3) is 32.6 Å². The molecule has 0 bridgehead atoms. The van der Waals surface area contributed by atoms with Crippen LogP contribution in [0.5, 0.6) is 0 Å². The summed E-state index contributed by atoms with van der Waals surface area (Å²) in [5, 5.41) is 14.2. The first-order valence-corrected chi connectivity index (χ1v) is 8.58. The highest BCUT2D eigenvalue weighted by molar-refractivity contribution is 7.19. The Labute approximate surface area is 147 Å². The third kappa shape index (κ3) is 2.50. The van der Waals surface area contributed by atoms with Crippen molar-refractivity contribution >= 4 is 16.3 Å². The predicted molar refractivity (Wildman–Crippen MR) is 96.7 cm³/mol. The number of para-hydroxylation sites is 1. The lowest BCUT2D eigenvalue weighted by Gasteiger charge is -1.96. The van der Waals surface area contributed by atoms with E-state index in [1.165, 1.54) is 11.3 Å². The van der Waals surface area contributed by atoms with Crippen LogP contribution in [0.4, 0.5) is 0 Å². The van der Waals surface area contributed by atoms with Crippen LogP contribution < -0.4 is 0 Å². The molecular formula is C18H12N6S. The van der Waals surface area contributed by atoms with Crippen molar-refractivity contribution in [1.82, 2.24) is 29.6 Å². The van der Waals surface area contributed by atoms with Crippen LogP contribution in [0.2, 0.25) is 0 Å². The van der Waals surface area contributed by atoms with Crippen molar-refractivity contribution in [2.24, 2.45) is 0 Å². The van der Waals surface area contributed by atoms with Crippen LogP contribution in [0.15, 0.2) is 73.1 Å². The first-order valence-electron chi connectivity index (χ1n) is 7.77. The van der Waals surface area contributed by atoms with E-state index in [4.69, 9.17) is 0 Å². The Hall–Kier alpha value is -3.32. The average Bonchev–Trinajstić information content (AvgIpc) is 3.37. The molecule has 0 aliphatic rings. The summed E-state index contributed by atoms with van der Waals surface area (Å²) in [5.41, 5.74) is 3.65. The smallest absolute Gasteiger partial charge is 0.213 e. The number of fused-ring (bicyclic) bond motifs is 1. The van der Waals surface area contributed by atoms with E-state index in [1.807, 2.05) is 66.9 Å². The summed E-state index contributed by atoms with van der Waals surface area (Å²) in [6.07, 6.45) is 3.66. The molecule has 0 radical (unpaired) electrons. The fourth-order valence-electron chi connectivity index (χ4n) is 2.60. The van der Waals surface area contributed by atoms with Gasteiger partial charge in [-0.2, -0.15) is 15.0 Å². The highest BCUT2D eigenvalue weighted by Crippen LogP contribution is 2.26. The van der Waals surface area contributed by atoms with Gasteiger partial charge in [-0.15, -0.1) is 5.10 Å². The zero-order chi connectivity index (χ0) is 16.6. The number of benzene rings is 2. The number of hydrogen-bond donors (Lipinski definition) is 0. The van der Waals surface area contributed by atoms with Crippen molar-refractivity contribution in [2.75, 3.05) is 0 Å². The molecule has 0 saturated carbocycles. The van der Waals surface area contributed by atoms with Crippen molar-refractivity contribution in [1.29, 1.82) is 0 Å². The summed E-state index contributed by atoms with van der Waals surface area (Å²) in [4.78, 5) is 7.10. The molecule has 3 heterocycles. The molecule has 120 valence electrons. The summed E-state index contributed by atoms with van der Waals surface area (Å²) in [5.74, 6) is 0. The monoisotopic (exact) mass is 344 g/mol. The molecule has 25 heavy (non-hydrogen) atoms. The van der Waals surface area contributed by atoms with Gasteiger partial charge < -0.3 is 0 Å². The van der Waals surface area contributed by atoms with Gasteiger partial charge >= 0.3 is 0 Å². The second-order valence-electron chi connectivity index (χ2n) is 5.48. The summed E-state index contributed by atoms with van der Waals surface area (Å²) in [7, 11) is 0. The van der Waals surface area contributed by atoms with Gasteiger partial charge in [0.2, 0.25) is 4.96 Å². The third-order valence-electron chi connectivity index (χ3n) is 3.81. The first kappa shape index (κ1) is 14.1. The molecule has 0 fully saturated rings. The Bertz CT molecular complexity index is 1110. The number of imidazole rings is 1. The molecular weight excluding hydrogens is 332 g/mol. The number of hydrogen-bond acceptors (Lipinski definition) is 5. The second kappa shape index (κ2) is 5.64. The van der Waals surface area contributed by atoms with Gasteiger partial charge in [0.05, 0.1) is 23.8 Å². The third-order valence-corrected chi connectivity index (χ3v) is 4.76. The minimum absolute atomic E-state index is 0.737. The Morgan fingerprint density at radius 3 is 2.32 bits per heavy atom. The van der Waals surface area contributed by atoms with Gasteiger partial charge in [0, 0.05) is 5.56 Å². The van der Waals surface area contributed by atoms with Crippen LogP contribution in [0.3, 0.4) is 0 Å². The number of rotatable bonds is 3. The van der Waals surface area contributed by atoms with E-state index in [0.717, 1.165) is 32.6 Å². The van der Waals surface area contributed by atoms with Crippen molar-refractivity contribution in [3.63, 3.8) is 0 Å². The topological polar surface area (TPSA) is 60.9 Å². The minimum Gasteiger partial charge on any atom is -0.217 e. The van der Waals surface area contributed by atoms with E-state index in [-0.39, 0.29) is 0 Å². The van der Waals surface area contributed by atoms with Crippen molar-refractivity contribution < 1.29 is 0 Å². The lowest BCUT2D eigenvalue weighted by Crippen LogP contribution is -1.97. The zero-order valence-electron chi connectivity index (χ0n) is 13.0. The van der Waals surface area contributed by atoms with E-state index in [9.17, 15) is 0 Å². The maximum absolute atomic E-state index is 4.66. The summed E-state index contributed by atoms with van der Waals surface area (Å²) < 4.78 is 1.80. The van der Waals surface area contributed by atoms with Gasteiger partial charge in [-0.25, -0.2) is 9.50 Å². The van der Waals surface area contributed by atoms with Gasteiger partial charge in [0.25, 0.3) is 0 Å². The molecule has 2 aromatic carbocycles. The molecule has 0 amide bonds. The van der Waals surface area contributed by atoms with Crippen LogP contribution in [-0.4, -0.2) is 29.6 Å². The normalized spacial score (nSPS) is 11.2. The van der Waals surface area contributed by atoms with Crippen molar-refractivity contribution in [3.05, 3.63) is 73.1 Å². The molecule has 5 aromatic rings. The molecule has 5 rings (SSSR count). The standard InChI is InChI=1S/C18H12N6S/c1-3-7-13(8-4-1)16-12-23-18(20-16)25-17(22-23)15-11-19-24(21-15)14-9-5-2-6-10-14/h1-12H. The molecule has 0 N–H and O–H groups in total. The molecule has 0 atom stereocenters. The van der Waals surface area contributed by atoms with Crippen LogP contribution in [0, 0.1) is 0 Å². The Balaban J connectivity index is 1.50. The summed E-state index contributed by atoms with van der Waals surface area (Å²) >= 11 is 1.50. The first-order chi connectivity index (χ1) is 12.4. The van der Waals surface area contributed by atoms with Gasteiger partial charge in [-0.05, 0) is 12.1 Å². The average molecular weight is 344 g/mol. The van der Waals surface area contributed by atoms with Gasteiger partial charge in [0.15, 0.2) is 5.01 Å². The molecule has 0 saturated heterocycles. The number of aromatic nitrogens is 6. The van der Waals surface area contributed by atoms with Crippen LogP contribution in [-0.2, 0) is 0 Å². The minimum atomic E-state index is 0.737. The largest absolute Gasteiger partial charge is 0.217 e.